The smallest absolute Gasteiger partial charge is 0.0224 e. The maximum Gasteiger partial charge on any atom is 0.0224 e. The molecule has 1 unspecified atom stereocenters. The quantitative estimate of drug-likeness (QED) is 0.793. The lowest BCUT2D eigenvalue weighted by Gasteiger charge is -2.37. The second kappa shape index (κ2) is 4.86. The van der Waals surface area contributed by atoms with Crippen molar-refractivity contribution in [2.45, 2.75) is 25.3 Å². The van der Waals surface area contributed by atoms with Crippen LogP contribution < -0.4 is 0 Å². The van der Waals surface area contributed by atoms with Crippen molar-refractivity contribution >= 4 is 11.3 Å². The van der Waals surface area contributed by atoms with Gasteiger partial charge < -0.3 is 4.90 Å². The monoisotopic (exact) mass is 236 g/mol. The van der Waals surface area contributed by atoms with Crippen LogP contribution in [-0.2, 0) is 6.42 Å². The van der Waals surface area contributed by atoms with Gasteiger partial charge in [-0.05, 0) is 48.2 Å². The number of hydrogen-bond acceptors (Lipinski definition) is 3. The zero-order valence-electron chi connectivity index (χ0n) is 9.77. The van der Waals surface area contributed by atoms with Gasteiger partial charge in [-0.25, -0.2) is 0 Å². The van der Waals surface area contributed by atoms with Crippen LogP contribution >= 0.6 is 11.3 Å². The molecule has 0 bridgehead atoms. The first-order valence-corrected chi connectivity index (χ1v) is 7.33. The summed E-state index contributed by atoms with van der Waals surface area (Å²) in [6.07, 6.45) is 4.08. The van der Waals surface area contributed by atoms with E-state index in [0.29, 0.717) is 0 Å². The average Bonchev–Trinajstić information content (AvgIpc) is 2.97. The number of thiophene rings is 1. The van der Waals surface area contributed by atoms with Gasteiger partial charge in [0.25, 0.3) is 0 Å². The molecule has 88 valence electrons. The maximum absolute atomic E-state index is 2.68. The van der Waals surface area contributed by atoms with Gasteiger partial charge in [0.1, 0.15) is 0 Å². The largest absolute Gasteiger partial charge is 0.300 e. The number of piperazine rings is 1. The molecule has 0 radical (unpaired) electrons. The van der Waals surface area contributed by atoms with E-state index in [4.69, 9.17) is 0 Å². The molecule has 2 aliphatic heterocycles. The van der Waals surface area contributed by atoms with Gasteiger partial charge in [0.05, 0.1) is 0 Å². The summed E-state index contributed by atoms with van der Waals surface area (Å²) < 4.78 is 0. The lowest BCUT2D eigenvalue weighted by atomic mass is 10.1. The third-order valence-corrected chi connectivity index (χ3v) is 4.70. The zero-order valence-corrected chi connectivity index (χ0v) is 10.6. The van der Waals surface area contributed by atoms with Crippen molar-refractivity contribution in [2.75, 3.05) is 32.7 Å². The molecule has 1 aromatic heterocycles. The molecular formula is C13H20N2S. The number of hydrogen-bond donors (Lipinski definition) is 0. The Morgan fingerprint density at radius 2 is 2.31 bits per heavy atom. The third kappa shape index (κ3) is 2.31. The van der Waals surface area contributed by atoms with Crippen molar-refractivity contribution < 1.29 is 0 Å². The molecule has 1 aromatic rings. The van der Waals surface area contributed by atoms with Crippen molar-refractivity contribution in [2.24, 2.45) is 0 Å². The molecule has 0 spiro atoms. The molecular weight excluding hydrogens is 216 g/mol. The maximum atomic E-state index is 2.68. The van der Waals surface area contributed by atoms with Crippen LogP contribution in [0.5, 0.6) is 0 Å². The fourth-order valence-electron chi connectivity index (χ4n) is 2.98. The van der Waals surface area contributed by atoms with Crippen LogP contribution in [0.1, 0.15) is 18.4 Å². The van der Waals surface area contributed by atoms with E-state index in [1.165, 1.54) is 57.5 Å². The van der Waals surface area contributed by atoms with Gasteiger partial charge >= 0.3 is 0 Å². The first-order chi connectivity index (χ1) is 7.92. The Morgan fingerprint density at radius 1 is 1.31 bits per heavy atom. The Labute approximate surface area is 102 Å². The van der Waals surface area contributed by atoms with Gasteiger partial charge in [-0.3, -0.25) is 4.90 Å². The Balaban J connectivity index is 1.49. The van der Waals surface area contributed by atoms with Crippen LogP contribution in [-0.4, -0.2) is 48.6 Å². The molecule has 0 saturated carbocycles. The molecule has 2 aliphatic rings. The van der Waals surface area contributed by atoms with E-state index in [2.05, 4.69) is 26.6 Å². The van der Waals surface area contributed by atoms with E-state index >= 15 is 0 Å². The lowest BCUT2D eigenvalue weighted by Crippen LogP contribution is -2.50. The molecule has 0 aromatic carbocycles. The van der Waals surface area contributed by atoms with Crippen LogP contribution in [0.2, 0.25) is 0 Å². The van der Waals surface area contributed by atoms with E-state index in [9.17, 15) is 0 Å². The number of nitrogens with zero attached hydrogens (tertiary/aromatic N) is 2. The van der Waals surface area contributed by atoms with E-state index in [0.717, 1.165) is 6.04 Å². The summed E-state index contributed by atoms with van der Waals surface area (Å²) in [5.74, 6) is 0. The highest BCUT2D eigenvalue weighted by Gasteiger charge is 2.29. The van der Waals surface area contributed by atoms with Crippen LogP contribution in [0, 0.1) is 0 Å². The van der Waals surface area contributed by atoms with Gasteiger partial charge in [-0.15, -0.1) is 0 Å². The summed E-state index contributed by atoms with van der Waals surface area (Å²) in [7, 11) is 0. The molecule has 2 saturated heterocycles. The standard InChI is InChI=1S/C13H20N2S/c1-2-13-10-14(7-8-15(13)5-1)6-3-12-4-9-16-11-12/h4,9,11,13H,1-3,5-8,10H2. The molecule has 0 amide bonds. The van der Waals surface area contributed by atoms with Crippen LogP contribution in [0.15, 0.2) is 16.8 Å². The minimum absolute atomic E-state index is 0.872. The van der Waals surface area contributed by atoms with Gasteiger partial charge in [-0.2, -0.15) is 11.3 Å². The molecule has 3 heterocycles. The minimum atomic E-state index is 0.872. The van der Waals surface area contributed by atoms with E-state index < -0.39 is 0 Å². The summed E-state index contributed by atoms with van der Waals surface area (Å²) in [4.78, 5) is 5.34. The molecule has 0 N–H and O–H groups in total. The number of fused-ring (bicyclic) bond motifs is 1. The second-order valence-corrected chi connectivity index (χ2v) is 5.79. The SMILES string of the molecule is c1cc(CCN2CCN3CCCC3C2)cs1. The third-order valence-electron chi connectivity index (χ3n) is 3.97. The van der Waals surface area contributed by atoms with Gasteiger partial charge in [-0.1, -0.05) is 0 Å². The van der Waals surface area contributed by atoms with E-state index in [-0.39, 0.29) is 0 Å². The normalized spacial score (nSPS) is 27.1. The highest BCUT2D eigenvalue weighted by molar-refractivity contribution is 7.07. The highest BCUT2D eigenvalue weighted by Crippen LogP contribution is 2.21. The number of rotatable bonds is 3. The Kier molecular flexibility index (Phi) is 3.27. The Bertz CT molecular complexity index is 323. The topological polar surface area (TPSA) is 6.48 Å². The fourth-order valence-corrected chi connectivity index (χ4v) is 3.68. The Morgan fingerprint density at radius 3 is 3.19 bits per heavy atom. The molecule has 2 fully saturated rings. The van der Waals surface area contributed by atoms with Crippen LogP contribution in [0.3, 0.4) is 0 Å². The zero-order chi connectivity index (χ0) is 10.8. The van der Waals surface area contributed by atoms with Crippen molar-refractivity contribution in [3.63, 3.8) is 0 Å². The van der Waals surface area contributed by atoms with Crippen LogP contribution in [0.4, 0.5) is 0 Å². The Hall–Kier alpha value is -0.380. The van der Waals surface area contributed by atoms with Crippen molar-refractivity contribution in [3.05, 3.63) is 22.4 Å². The van der Waals surface area contributed by atoms with Gasteiger partial charge in [0.15, 0.2) is 0 Å². The van der Waals surface area contributed by atoms with Crippen molar-refractivity contribution in [1.82, 2.24) is 9.80 Å². The summed E-state index contributed by atoms with van der Waals surface area (Å²) in [5, 5.41) is 4.47. The molecule has 2 nitrogen and oxygen atoms in total. The summed E-state index contributed by atoms with van der Waals surface area (Å²) in [6, 6.07) is 3.13. The summed E-state index contributed by atoms with van der Waals surface area (Å²) >= 11 is 1.81. The van der Waals surface area contributed by atoms with Crippen molar-refractivity contribution in [1.29, 1.82) is 0 Å². The lowest BCUT2D eigenvalue weighted by molar-refractivity contribution is 0.105. The van der Waals surface area contributed by atoms with Crippen molar-refractivity contribution in [3.8, 4) is 0 Å². The molecule has 1 atom stereocenters. The summed E-state index contributed by atoms with van der Waals surface area (Å²) in [5.41, 5.74) is 1.51. The predicted octanol–water partition coefficient (Wildman–Crippen LogP) is 2.07. The average molecular weight is 236 g/mol. The summed E-state index contributed by atoms with van der Waals surface area (Å²) in [6.45, 7) is 6.49. The highest BCUT2D eigenvalue weighted by atomic mass is 32.1. The molecule has 3 rings (SSSR count). The fraction of sp³-hybridized carbons (Fsp3) is 0.692. The molecule has 3 heteroatoms. The first kappa shape index (κ1) is 10.8. The van der Waals surface area contributed by atoms with E-state index in [1.807, 2.05) is 11.3 Å². The predicted molar refractivity (Wildman–Crippen MR) is 69.1 cm³/mol. The van der Waals surface area contributed by atoms with Gasteiger partial charge in [0.2, 0.25) is 0 Å². The second-order valence-electron chi connectivity index (χ2n) is 5.01. The van der Waals surface area contributed by atoms with Crippen LogP contribution in [0.25, 0.3) is 0 Å². The molecule has 16 heavy (non-hydrogen) atoms. The van der Waals surface area contributed by atoms with E-state index in [1.54, 1.807) is 0 Å². The minimum Gasteiger partial charge on any atom is -0.300 e. The molecule has 0 aliphatic carbocycles. The first-order valence-electron chi connectivity index (χ1n) is 6.39. The van der Waals surface area contributed by atoms with Gasteiger partial charge in [0, 0.05) is 32.2 Å².